The van der Waals surface area contributed by atoms with E-state index in [4.69, 9.17) is 0 Å². The van der Waals surface area contributed by atoms with Gasteiger partial charge in [0, 0.05) is 53.7 Å². The van der Waals surface area contributed by atoms with E-state index in [1.807, 2.05) is 11.3 Å². The zero-order valence-corrected chi connectivity index (χ0v) is 28.4. The summed E-state index contributed by atoms with van der Waals surface area (Å²) in [7, 11) is 0. The lowest BCUT2D eigenvalue weighted by Gasteiger charge is -2.57. The molecule has 4 bridgehead atoms. The molecule has 2 aromatic heterocycles. The van der Waals surface area contributed by atoms with E-state index in [1.54, 1.807) is 5.56 Å². The Morgan fingerprint density at radius 2 is 1.08 bits per heavy atom. The van der Waals surface area contributed by atoms with E-state index in [-0.39, 0.29) is 0 Å². The molecule has 4 saturated carbocycles. The lowest BCUT2D eigenvalue weighted by molar-refractivity contribution is -0.00518. The van der Waals surface area contributed by atoms with Gasteiger partial charge in [-0.3, -0.25) is 0 Å². The topological polar surface area (TPSA) is 8.17 Å². The Balaban J connectivity index is 1.08. The Labute approximate surface area is 291 Å². The normalized spacial score (nSPS) is 22.9. The lowest BCUT2D eigenvalue weighted by atomic mass is 9.48. The Morgan fingerprint density at radius 3 is 1.86 bits per heavy atom. The van der Waals surface area contributed by atoms with Crippen molar-refractivity contribution in [2.24, 2.45) is 17.8 Å². The maximum atomic E-state index is 2.49. The molecule has 238 valence electrons. The van der Waals surface area contributed by atoms with Crippen molar-refractivity contribution in [2.75, 3.05) is 4.90 Å². The maximum absolute atomic E-state index is 2.49. The number of fused-ring (bicyclic) bond motifs is 6. The van der Waals surface area contributed by atoms with Crippen LogP contribution in [0.4, 0.5) is 17.1 Å². The third-order valence-electron chi connectivity index (χ3n) is 12.3. The molecule has 0 radical (unpaired) electrons. The summed E-state index contributed by atoms with van der Waals surface area (Å²) >= 11 is 1.89. The van der Waals surface area contributed by atoms with E-state index in [0.29, 0.717) is 5.41 Å². The van der Waals surface area contributed by atoms with Gasteiger partial charge in [0.05, 0.1) is 11.0 Å². The number of rotatable bonds is 5. The first kappa shape index (κ1) is 28.0. The molecule has 4 fully saturated rings. The predicted molar refractivity (Wildman–Crippen MR) is 208 cm³/mol. The number of anilines is 3. The molecule has 6 aromatic carbocycles. The SMILES string of the molecule is c1ccc(-n2c3ccccc3c3cc(N(c4ccc(C56CC7CC(CC(C7)C5)C6)cc4)c4ccc5c(c4)sc4ccccc45)ccc32)cc1. The second-order valence-corrected chi connectivity index (χ2v) is 16.3. The molecule has 0 amide bonds. The Morgan fingerprint density at radius 1 is 0.490 bits per heavy atom. The quantitative estimate of drug-likeness (QED) is 0.180. The van der Waals surface area contributed by atoms with Gasteiger partial charge in [0.2, 0.25) is 0 Å². The van der Waals surface area contributed by atoms with Crippen molar-refractivity contribution in [2.45, 2.75) is 43.9 Å². The molecule has 4 aliphatic rings. The fraction of sp³-hybridized carbons (Fsp3) is 0.217. The summed E-state index contributed by atoms with van der Waals surface area (Å²) in [6.07, 6.45) is 8.63. The zero-order chi connectivity index (χ0) is 32.1. The second kappa shape index (κ2) is 10.6. The molecule has 0 spiro atoms. The molecule has 2 nitrogen and oxygen atoms in total. The van der Waals surface area contributed by atoms with Crippen LogP contribution in [0.1, 0.15) is 44.1 Å². The van der Waals surface area contributed by atoms with Crippen LogP contribution in [0.3, 0.4) is 0 Å². The first-order valence-corrected chi connectivity index (χ1v) is 18.9. The van der Waals surface area contributed by atoms with Crippen LogP contribution in [0.25, 0.3) is 47.7 Å². The number of nitrogens with zero attached hydrogens (tertiary/aromatic N) is 2. The summed E-state index contributed by atoms with van der Waals surface area (Å²) in [4.78, 5) is 2.49. The summed E-state index contributed by atoms with van der Waals surface area (Å²) in [5.74, 6) is 2.83. The lowest BCUT2D eigenvalue weighted by Crippen LogP contribution is -2.48. The minimum absolute atomic E-state index is 0.395. The summed E-state index contributed by atoms with van der Waals surface area (Å²) in [6.45, 7) is 0. The second-order valence-electron chi connectivity index (χ2n) is 15.2. The third kappa shape index (κ3) is 4.31. The van der Waals surface area contributed by atoms with E-state index in [9.17, 15) is 0 Å². The van der Waals surface area contributed by atoms with Crippen molar-refractivity contribution >= 4 is 70.4 Å². The number of hydrogen-bond acceptors (Lipinski definition) is 2. The van der Waals surface area contributed by atoms with Crippen LogP contribution in [0.2, 0.25) is 0 Å². The van der Waals surface area contributed by atoms with Crippen molar-refractivity contribution in [1.82, 2.24) is 4.57 Å². The van der Waals surface area contributed by atoms with E-state index in [1.165, 1.54) is 103 Å². The van der Waals surface area contributed by atoms with Crippen LogP contribution >= 0.6 is 11.3 Å². The first-order chi connectivity index (χ1) is 24.2. The summed E-state index contributed by atoms with van der Waals surface area (Å²) in [6, 6.07) is 52.4. The predicted octanol–water partition coefficient (Wildman–Crippen LogP) is 13.1. The van der Waals surface area contributed by atoms with Gasteiger partial charge in [-0.15, -0.1) is 11.3 Å². The van der Waals surface area contributed by atoms with E-state index in [0.717, 1.165) is 17.8 Å². The van der Waals surface area contributed by atoms with Gasteiger partial charge in [-0.25, -0.2) is 0 Å². The van der Waals surface area contributed by atoms with Gasteiger partial charge in [0.25, 0.3) is 0 Å². The first-order valence-electron chi connectivity index (χ1n) is 18.1. The standard InChI is InChI=1S/C46H38N2S/c1-2-8-34(9-3-1)48-42-12-6-4-10-38(42)41-25-36(19-21-43(41)48)47(37-18-20-40-39-11-5-7-13-44(39)49-45(40)26-37)35-16-14-33(15-17-35)46-27-30-22-31(28-46)24-32(23-30)29-46/h1-21,25-26,30-32H,22-24,27-29H2. The molecule has 3 heteroatoms. The largest absolute Gasteiger partial charge is 0.310 e. The number of benzene rings is 6. The van der Waals surface area contributed by atoms with E-state index in [2.05, 4.69) is 149 Å². The number of para-hydroxylation sites is 2. The van der Waals surface area contributed by atoms with Crippen molar-refractivity contribution < 1.29 is 0 Å². The van der Waals surface area contributed by atoms with Crippen LogP contribution in [0, 0.1) is 17.8 Å². The van der Waals surface area contributed by atoms with Gasteiger partial charge in [0.1, 0.15) is 0 Å². The van der Waals surface area contributed by atoms with Gasteiger partial charge >= 0.3 is 0 Å². The van der Waals surface area contributed by atoms with Gasteiger partial charge < -0.3 is 9.47 Å². The molecule has 8 aromatic rings. The van der Waals surface area contributed by atoms with Gasteiger partial charge in [0.15, 0.2) is 0 Å². The Hall–Kier alpha value is -4.86. The fourth-order valence-corrected chi connectivity index (χ4v) is 11.8. The van der Waals surface area contributed by atoms with Gasteiger partial charge in [-0.1, -0.05) is 72.8 Å². The van der Waals surface area contributed by atoms with Crippen LogP contribution in [0.5, 0.6) is 0 Å². The van der Waals surface area contributed by atoms with Gasteiger partial charge in [-0.05, 0) is 134 Å². The smallest absolute Gasteiger partial charge is 0.0542 e. The number of hydrogen-bond donors (Lipinski definition) is 0. The minimum atomic E-state index is 0.395. The van der Waals surface area contributed by atoms with E-state index >= 15 is 0 Å². The van der Waals surface area contributed by atoms with Crippen LogP contribution in [0.15, 0.2) is 140 Å². The molecule has 0 aliphatic heterocycles. The number of thiophene rings is 1. The zero-order valence-electron chi connectivity index (χ0n) is 27.6. The number of aromatic nitrogens is 1. The van der Waals surface area contributed by atoms with E-state index < -0.39 is 0 Å². The molecular weight excluding hydrogens is 613 g/mol. The molecular formula is C46H38N2S. The van der Waals surface area contributed by atoms with Crippen molar-refractivity contribution in [3.05, 3.63) is 145 Å². The monoisotopic (exact) mass is 650 g/mol. The molecule has 0 unspecified atom stereocenters. The highest BCUT2D eigenvalue weighted by atomic mass is 32.1. The van der Waals surface area contributed by atoms with Crippen molar-refractivity contribution in [1.29, 1.82) is 0 Å². The Bertz CT molecular complexity index is 2500. The molecule has 0 N–H and O–H groups in total. The molecule has 0 atom stereocenters. The molecule has 0 saturated heterocycles. The summed E-state index contributed by atoms with van der Waals surface area (Å²) in [5, 5.41) is 5.23. The highest BCUT2D eigenvalue weighted by molar-refractivity contribution is 7.25. The summed E-state index contributed by atoms with van der Waals surface area (Å²) < 4.78 is 5.08. The highest BCUT2D eigenvalue weighted by Crippen LogP contribution is 2.61. The fourth-order valence-electron chi connectivity index (χ4n) is 10.7. The molecule has 49 heavy (non-hydrogen) atoms. The summed E-state index contributed by atoms with van der Waals surface area (Å²) in [5.41, 5.74) is 9.24. The average Bonchev–Trinajstić information content (AvgIpc) is 3.67. The van der Waals surface area contributed by atoms with Crippen molar-refractivity contribution in [3.63, 3.8) is 0 Å². The average molecular weight is 651 g/mol. The van der Waals surface area contributed by atoms with Gasteiger partial charge in [-0.2, -0.15) is 0 Å². The molecule has 2 heterocycles. The van der Waals surface area contributed by atoms with Crippen LogP contribution < -0.4 is 4.90 Å². The highest BCUT2D eigenvalue weighted by Gasteiger charge is 2.51. The molecule has 4 aliphatic carbocycles. The van der Waals surface area contributed by atoms with Crippen LogP contribution in [-0.2, 0) is 5.41 Å². The third-order valence-corrected chi connectivity index (χ3v) is 13.5. The molecule has 12 rings (SSSR count). The van der Waals surface area contributed by atoms with Crippen LogP contribution in [-0.4, -0.2) is 4.57 Å². The maximum Gasteiger partial charge on any atom is 0.0542 e. The van der Waals surface area contributed by atoms with Crippen molar-refractivity contribution in [3.8, 4) is 5.69 Å². The Kier molecular flexibility index (Phi) is 6.04. The minimum Gasteiger partial charge on any atom is -0.310 e.